The highest BCUT2D eigenvalue weighted by atomic mass is 35.5. The monoisotopic (exact) mass is 279 g/mol. The molecule has 17 heavy (non-hydrogen) atoms. The van der Waals surface area contributed by atoms with Gasteiger partial charge in [0.2, 0.25) is 0 Å². The van der Waals surface area contributed by atoms with Gasteiger partial charge in [-0.05, 0) is 33.0 Å². The molecule has 4 nitrogen and oxygen atoms in total. The molecule has 6 heteroatoms. The summed E-state index contributed by atoms with van der Waals surface area (Å²) in [4.78, 5) is 15.8. The molecule has 0 saturated carbocycles. The predicted octanol–water partition coefficient (Wildman–Crippen LogP) is 1.57. The fraction of sp³-hybridized carbons (Fsp3) is 0.455. The van der Waals surface area contributed by atoms with E-state index in [2.05, 4.69) is 15.6 Å². The van der Waals surface area contributed by atoms with Crippen LogP contribution in [0.1, 0.15) is 23.1 Å². The Kier molecular flexibility index (Phi) is 10.0. The number of pyridine rings is 1. The molecule has 0 aliphatic heterocycles. The standard InChI is InChI=1S/C11H17N3O.2ClH/c1-8-5-4-6-10(14-8)11(15)13-7-9(2)12-3;;/h4-6,9,12H,7H2,1-3H3,(H,13,15);2*1H. The number of carbonyl (C=O) groups excluding carboxylic acids is 1. The highest BCUT2D eigenvalue weighted by molar-refractivity contribution is 5.92. The van der Waals surface area contributed by atoms with Gasteiger partial charge in [0.15, 0.2) is 0 Å². The molecule has 0 spiro atoms. The fourth-order valence-corrected chi connectivity index (χ4v) is 1.11. The Bertz CT molecular complexity index is 347. The lowest BCUT2D eigenvalue weighted by molar-refractivity contribution is 0.0945. The number of likely N-dealkylation sites (N-methyl/N-ethyl adjacent to an activating group) is 1. The maximum atomic E-state index is 11.6. The van der Waals surface area contributed by atoms with E-state index >= 15 is 0 Å². The quantitative estimate of drug-likeness (QED) is 0.880. The molecule has 0 saturated heterocycles. The van der Waals surface area contributed by atoms with Gasteiger partial charge in [-0.3, -0.25) is 4.79 Å². The van der Waals surface area contributed by atoms with Gasteiger partial charge in [-0.2, -0.15) is 0 Å². The van der Waals surface area contributed by atoms with Crippen LogP contribution in [-0.4, -0.2) is 30.5 Å². The molecule has 1 unspecified atom stereocenters. The zero-order chi connectivity index (χ0) is 11.3. The molecule has 0 aliphatic carbocycles. The third kappa shape index (κ3) is 6.46. The van der Waals surface area contributed by atoms with E-state index < -0.39 is 0 Å². The minimum atomic E-state index is -0.124. The second-order valence-corrected chi connectivity index (χ2v) is 3.56. The molecule has 1 amide bonds. The van der Waals surface area contributed by atoms with Crippen LogP contribution in [-0.2, 0) is 0 Å². The van der Waals surface area contributed by atoms with E-state index in [1.54, 1.807) is 6.07 Å². The molecule has 1 rings (SSSR count). The molecule has 1 heterocycles. The first kappa shape index (κ1) is 18.5. The molecule has 2 N–H and O–H groups in total. The van der Waals surface area contributed by atoms with Crippen LogP contribution in [0.3, 0.4) is 0 Å². The lowest BCUT2D eigenvalue weighted by atomic mass is 10.3. The van der Waals surface area contributed by atoms with Crippen LogP contribution in [0.2, 0.25) is 0 Å². The average Bonchev–Trinajstić information content (AvgIpc) is 2.25. The maximum Gasteiger partial charge on any atom is 0.269 e. The van der Waals surface area contributed by atoms with Crippen molar-refractivity contribution >= 4 is 30.7 Å². The van der Waals surface area contributed by atoms with Gasteiger partial charge in [0.1, 0.15) is 5.69 Å². The van der Waals surface area contributed by atoms with Crippen LogP contribution in [0.25, 0.3) is 0 Å². The summed E-state index contributed by atoms with van der Waals surface area (Å²) < 4.78 is 0. The lowest BCUT2D eigenvalue weighted by Crippen LogP contribution is -2.37. The van der Waals surface area contributed by atoms with Crippen molar-refractivity contribution in [3.63, 3.8) is 0 Å². The molecule has 0 aromatic carbocycles. The molecule has 1 aromatic rings. The second kappa shape index (κ2) is 9.22. The highest BCUT2D eigenvalue weighted by Crippen LogP contribution is 1.97. The number of halogens is 2. The predicted molar refractivity (Wildman–Crippen MR) is 74.3 cm³/mol. The Morgan fingerprint density at radius 3 is 2.59 bits per heavy atom. The van der Waals surface area contributed by atoms with Crippen LogP contribution in [0.4, 0.5) is 0 Å². The molecule has 0 fully saturated rings. The van der Waals surface area contributed by atoms with Crippen molar-refractivity contribution in [2.75, 3.05) is 13.6 Å². The number of rotatable bonds is 4. The summed E-state index contributed by atoms with van der Waals surface area (Å²) >= 11 is 0. The van der Waals surface area contributed by atoms with Gasteiger partial charge in [-0.15, -0.1) is 24.8 Å². The van der Waals surface area contributed by atoms with E-state index in [1.807, 2.05) is 33.0 Å². The van der Waals surface area contributed by atoms with Crippen LogP contribution in [0.5, 0.6) is 0 Å². The van der Waals surface area contributed by atoms with Gasteiger partial charge in [-0.1, -0.05) is 6.07 Å². The van der Waals surface area contributed by atoms with E-state index in [4.69, 9.17) is 0 Å². The largest absolute Gasteiger partial charge is 0.349 e. The second-order valence-electron chi connectivity index (χ2n) is 3.56. The Labute approximate surface area is 114 Å². The molecule has 98 valence electrons. The maximum absolute atomic E-state index is 11.6. The summed E-state index contributed by atoms with van der Waals surface area (Å²) in [7, 11) is 1.86. The number of nitrogens with zero attached hydrogens (tertiary/aromatic N) is 1. The van der Waals surface area contributed by atoms with Crippen molar-refractivity contribution in [2.45, 2.75) is 19.9 Å². The number of amides is 1. The van der Waals surface area contributed by atoms with Crippen molar-refractivity contribution in [3.05, 3.63) is 29.6 Å². The molecular weight excluding hydrogens is 261 g/mol. The van der Waals surface area contributed by atoms with Crippen molar-refractivity contribution < 1.29 is 4.79 Å². The van der Waals surface area contributed by atoms with Gasteiger partial charge in [-0.25, -0.2) is 4.98 Å². The van der Waals surface area contributed by atoms with Crippen LogP contribution in [0.15, 0.2) is 18.2 Å². The third-order valence-corrected chi connectivity index (χ3v) is 2.18. The first-order valence-corrected chi connectivity index (χ1v) is 5.02. The molecule has 1 atom stereocenters. The van der Waals surface area contributed by atoms with E-state index in [-0.39, 0.29) is 36.8 Å². The minimum absolute atomic E-state index is 0. The highest BCUT2D eigenvalue weighted by Gasteiger charge is 2.07. The smallest absolute Gasteiger partial charge is 0.269 e. The van der Waals surface area contributed by atoms with Gasteiger partial charge in [0, 0.05) is 18.3 Å². The molecular formula is C11H19Cl2N3O. The van der Waals surface area contributed by atoms with E-state index in [0.717, 1.165) is 5.69 Å². The first-order chi connectivity index (χ1) is 7.13. The number of carbonyl (C=O) groups is 1. The van der Waals surface area contributed by atoms with Crippen molar-refractivity contribution in [3.8, 4) is 0 Å². The Morgan fingerprint density at radius 2 is 2.06 bits per heavy atom. The molecule has 0 aliphatic rings. The van der Waals surface area contributed by atoms with Crippen molar-refractivity contribution in [2.24, 2.45) is 0 Å². The Hall–Kier alpha value is -0.840. The Balaban J connectivity index is 0. The summed E-state index contributed by atoms with van der Waals surface area (Å²) in [5.74, 6) is -0.124. The van der Waals surface area contributed by atoms with Gasteiger partial charge < -0.3 is 10.6 Å². The van der Waals surface area contributed by atoms with Crippen LogP contribution < -0.4 is 10.6 Å². The van der Waals surface area contributed by atoms with Gasteiger partial charge in [0.25, 0.3) is 5.91 Å². The third-order valence-electron chi connectivity index (χ3n) is 2.18. The van der Waals surface area contributed by atoms with E-state index in [9.17, 15) is 4.79 Å². The fourth-order valence-electron chi connectivity index (χ4n) is 1.11. The number of aryl methyl sites for hydroxylation is 1. The van der Waals surface area contributed by atoms with E-state index in [1.165, 1.54) is 0 Å². The molecule has 0 bridgehead atoms. The Morgan fingerprint density at radius 1 is 1.41 bits per heavy atom. The first-order valence-electron chi connectivity index (χ1n) is 5.02. The summed E-state index contributed by atoms with van der Waals surface area (Å²) in [6.07, 6.45) is 0. The van der Waals surface area contributed by atoms with Crippen molar-refractivity contribution in [1.29, 1.82) is 0 Å². The zero-order valence-electron chi connectivity index (χ0n) is 10.2. The summed E-state index contributed by atoms with van der Waals surface area (Å²) in [5.41, 5.74) is 1.32. The SMILES string of the molecule is CNC(C)CNC(=O)c1cccc(C)n1.Cl.Cl. The number of hydrogen-bond acceptors (Lipinski definition) is 3. The number of nitrogens with one attached hydrogen (secondary N) is 2. The molecule has 0 radical (unpaired) electrons. The summed E-state index contributed by atoms with van der Waals surface area (Å²) in [6, 6.07) is 5.68. The summed E-state index contributed by atoms with van der Waals surface area (Å²) in [5, 5.41) is 5.86. The average molecular weight is 280 g/mol. The van der Waals surface area contributed by atoms with Gasteiger partial charge in [0.05, 0.1) is 0 Å². The molecule has 1 aromatic heterocycles. The normalized spacial score (nSPS) is 10.8. The van der Waals surface area contributed by atoms with Gasteiger partial charge >= 0.3 is 0 Å². The zero-order valence-corrected chi connectivity index (χ0v) is 11.8. The minimum Gasteiger partial charge on any atom is -0.349 e. The van der Waals surface area contributed by atoms with E-state index in [0.29, 0.717) is 12.2 Å². The van der Waals surface area contributed by atoms with Crippen LogP contribution >= 0.6 is 24.8 Å². The lowest BCUT2D eigenvalue weighted by Gasteiger charge is -2.10. The summed E-state index contributed by atoms with van der Waals surface area (Å²) in [6.45, 7) is 4.47. The van der Waals surface area contributed by atoms with Crippen molar-refractivity contribution in [1.82, 2.24) is 15.6 Å². The number of hydrogen-bond donors (Lipinski definition) is 2. The van der Waals surface area contributed by atoms with Crippen LogP contribution in [0, 0.1) is 6.92 Å². The topological polar surface area (TPSA) is 54.0 Å². The number of aromatic nitrogens is 1.